The maximum atomic E-state index is 12.8. The molecule has 142 valence electrons. The molecule has 2 aromatic rings. The van der Waals surface area contributed by atoms with E-state index >= 15 is 0 Å². The molecule has 0 saturated heterocycles. The minimum Gasteiger partial charge on any atom is -0.496 e. The molecule has 0 spiro atoms. The van der Waals surface area contributed by atoms with Crippen LogP contribution in [0.25, 0.3) is 0 Å². The number of benzene rings is 2. The Hall–Kier alpha value is -3.00. The molecule has 0 amide bonds. The highest BCUT2D eigenvalue weighted by Crippen LogP contribution is 2.38. The molecule has 2 N–H and O–H groups in total. The van der Waals surface area contributed by atoms with Gasteiger partial charge in [0.25, 0.3) is 0 Å². The van der Waals surface area contributed by atoms with Crippen molar-refractivity contribution in [2.45, 2.75) is 18.8 Å². The Labute approximate surface area is 157 Å². The monoisotopic (exact) mass is 389 g/mol. The van der Waals surface area contributed by atoms with Crippen LogP contribution in [0, 0.1) is 6.92 Å². The molecule has 0 bridgehead atoms. The van der Waals surface area contributed by atoms with Crippen molar-refractivity contribution in [3.05, 3.63) is 76.9 Å². The first kappa shape index (κ1) is 18.8. The van der Waals surface area contributed by atoms with Crippen LogP contribution >= 0.6 is 0 Å². The summed E-state index contributed by atoms with van der Waals surface area (Å²) in [4.78, 5) is 12.8. The molecule has 1 atom stereocenters. The SMILES string of the molecule is COc1cccc(C)c1C1OC(N)=C(OS(=O)(=O)Cc2ccccc2)C1=O. The zero-order valence-corrected chi connectivity index (χ0v) is 15.7. The smallest absolute Gasteiger partial charge is 0.313 e. The van der Waals surface area contributed by atoms with Gasteiger partial charge in [-0.1, -0.05) is 42.5 Å². The van der Waals surface area contributed by atoms with Gasteiger partial charge in [0.05, 0.1) is 7.11 Å². The standard InChI is InChI=1S/C19H19NO6S/c1-12-7-6-10-14(24-2)15(12)17-16(21)18(19(20)25-17)26-27(22,23)11-13-8-4-3-5-9-13/h3-10,17H,11,20H2,1-2H3. The number of carbonyl (C=O) groups excluding carboxylic acids is 1. The lowest BCUT2D eigenvalue weighted by Gasteiger charge is -2.16. The molecule has 2 aromatic carbocycles. The highest BCUT2D eigenvalue weighted by molar-refractivity contribution is 7.86. The number of nitrogens with two attached hydrogens (primary N) is 1. The first-order chi connectivity index (χ1) is 12.8. The zero-order chi connectivity index (χ0) is 19.6. The summed E-state index contributed by atoms with van der Waals surface area (Å²) in [7, 11) is -2.62. The Bertz CT molecular complexity index is 998. The molecular formula is C19H19NO6S. The van der Waals surface area contributed by atoms with Crippen LogP contribution in [-0.2, 0) is 29.6 Å². The topological polar surface area (TPSA) is 105 Å². The number of hydrogen-bond acceptors (Lipinski definition) is 7. The third-order valence-corrected chi connectivity index (χ3v) is 5.20. The van der Waals surface area contributed by atoms with Gasteiger partial charge >= 0.3 is 10.1 Å². The molecule has 1 aliphatic rings. The van der Waals surface area contributed by atoms with Crippen LogP contribution in [0.1, 0.15) is 22.8 Å². The molecule has 0 radical (unpaired) electrons. The summed E-state index contributed by atoms with van der Waals surface area (Å²) < 4.78 is 40.4. The Morgan fingerprint density at radius 2 is 1.81 bits per heavy atom. The van der Waals surface area contributed by atoms with Crippen molar-refractivity contribution in [1.29, 1.82) is 0 Å². The van der Waals surface area contributed by atoms with Crippen LogP contribution in [0.15, 0.2) is 60.2 Å². The van der Waals surface area contributed by atoms with Gasteiger partial charge in [-0.2, -0.15) is 8.42 Å². The second-order valence-corrected chi connectivity index (χ2v) is 7.59. The zero-order valence-electron chi connectivity index (χ0n) is 14.8. The highest BCUT2D eigenvalue weighted by atomic mass is 32.2. The molecule has 7 nitrogen and oxygen atoms in total. The number of methoxy groups -OCH3 is 1. The fraction of sp³-hybridized carbons (Fsp3) is 0.211. The lowest BCUT2D eigenvalue weighted by molar-refractivity contribution is -0.123. The van der Waals surface area contributed by atoms with Crippen molar-refractivity contribution in [3.8, 4) is 5.75 Å². The van der Waals surface area contributed by atoms with Gasteiger partial charge in [0, 0.05) is 5.56 Å². The number of rotatable bonds is 6. The Morgan fingerprint density at radius 1 is 1.11 bits per heavy atom. The minimum absolute atomic E-state index is 0.369. The molecule has 1 heterocycles. The summed E-state index contributed by atoms with van der Waals surface area (Å²) >= 11 is 0. The van der Waals surface area contributed by atoms with Gasteiger partial charge in [-0.25, -0.2) is 0 Å². The van der Waals surface area contributed by atoms with Crippen LogP contribution in [-0.4, -0.2) is 21.3 Å². The van der Waals surface area contributed by atoms with Gasteiger partial charge in [-0.05, 0) is 24.1 Å². The summed E-state index contributed by atoms with van der Waals surface area (Å²) in [5, 5.41) is 0. The molecule has 3 rings (SSSR count). The van der Waals surface area contributed by atoms with E-state index in [9.17, 15) is 13.2 Å². The van der Waals surface area contributed by atoms with Crippen molar-refractivity contribution in [2.75, 3.05) is 7.11 Å². The lowest BCUT2D eigenvalue weighted by Crippen LogP contribution is -2.17. The molecule has 27 heavy (non-hydrogen) atoms. The van der Waals surface area contributed by atoms with Crippen molar-refractivity contribution < 1.29 is 26.9 Å². The Balaban J connectivity index is 1.84. The molecule has 1 aliphatic heterocycles. The number of ether oxygens (including phenoxy) is 2. The number of carbonyl (C=O) groups is 1. The fourth-order valence-corrected chi connectivity index (χ4v) is 3.93. The van der Waals surface area contributed by atoms with Crippen LogP contribution in [0.3, 0.4) is 0 Å². The average Bonchev–Trinajstić information content (AvgIpc) is 2.89. The van der Waals surface area contributed by atoms with E-state index in [1.54, 1.807) is 55.5 Å². The average molecular weight is 389 g/mol. The van der Waals surface area contributed by atoms with Crippen LogP contribution in [0.4, 0.5) is 0 Å². The third-order valence-electron chi connectivity index (χ3n) is 4.09. The molecular weight excluding hydrogens is 370 g/mol. The first-order valence-electron chi connectivity index (χ1n) is 8.12. The molecule has 1 unspecified atom stereocenters. The third kappa shape index (κ3) is 3.90. The number of aryl methyl sites for hydroxylation is 1. The van der Waals surface area contributed by atoms with Gasteiger partial charge in [0.15, 0.2) is 6.10 Å². The molecule has 0 saturated carbocycles. The van der Waals surface area contributed by atoms with Crippen molar-refractivity contribution in [2.24, 2.45) is 5.73 Å². The summed E-state index contributed by atoms with van der Waals surface area (Å²) in [5.41, 5.74) is 7.50. The quantitative estimate of drug-likeness (QED) is 0.756. The largest absolute Gasteiger partial charge is 0.496 e. The van der Waals surface area contributed by atoms with E-state index in [-0.39, 0.29) is 5.88 Å². The maximum Gasteiger partial charge on any atom is 0.313 e. The van der Waals surface area contributed by atoms with E-state index in [0.717, 1.165) is 5.56 Å². The van der Waals surface area contributed by atoms with Crippen molar-refractivity contribution in [3.63, 3.8) is 0 Å². The lowest BCUT2D eigenvalue weighted by atomic mass is 9.99. The van der Waals surface area contributed by atoms with Gasteiger partial charge in [-0.3, -0.25) is 4.79 Å². The predicted molar refractivity (Wildman–Crippen MR) is 97.9 cm³/mol. The first-order valence-corrected chi connectivity index (χ1v) is 9.70. The second-order valence-electron chi connectivity index (χ2n) is 6.02. The highest BCUT2D eigenvalue weighted by Gasteiger charge is 2.41. The predicted octanol–water partition coefficient (Wildman–Crippen LogP) is 2.32. The molecule has 0 fully saturated rings. The molecule has 0 aliphatic carbocycles. The van der Waals surface area contributed by atoms with Gasteiger partial charge < -0.3 is 19.4 Å². The normalized spacial score (nSPS) is 17.0. The minimum atomic E-state index is -4.09. The summed E-state index contributed by atoms with van der Waals surface area (Å²) in [6, 6.07) is 13.7. The summed E-state index contributed by atoms with van der Waals surface area (Å²) in [5.74, 6) is -1.50. The maximum absolute atomic E-state index is 12.8. The Kier molecular flexibility index (Phi) is 5.09. The summed E-state index contributed by atoms with van der Waals surface area (Å²) in [6.07, 6.45) is -1.12. The van der Waals surface area contributed by atoms with Crippen LogP contribution in [0.5, 0.6) is 5.75 Å². The van der Waals surface area contributed by atoms with Crippen LogP contribution in [0.2, 0.25) is 0 Å². The second kappa shape index (κ2) is 7.32. The van der Waals surface area contributed by atoms with Gasteiger partial charge in [-0.15, -0.1) is 0 Å². The number of ketones is 1. The van der Waals surface area contributed by atoms with E-state index in [2.05, 4.69) is 0 Å². The van der Waals surface area contributed by atoms with E-state index in [1.165, 1.54) is 7.11 Å². The van der Waals surface area contributed by atoms with Crippen molar-refractivity contribution >= 4 is 15.9 Å². The van der Waals surface area contributed by atoms with Crippen LogP contribution < -0.4 is 10.5 Å². The molecule has 0 aromatic heterocycles. The Morgan fingerprint density at radius 3 is 2.48 bits per heavy atom. The fourth-order valence-electron chi connectivity index (χ4n) is 2.85. The van der Waals surface area contributed by atoms with E-state index in [1.807, 2.05) is 0 Å². The van der Waals surface area contributed by atoms with E-state index in [0.29, 0.717) is 16.9 Å². The number of hydrogen-bond donors (Lipinski definition) is 1. The van der Waals surface area contributed by atoms with E-state index in [4.69, 9.17) is 19.4 Å². The number of Topliss-reactive ketones (excluding diaryl/α,β-unsaturated/α-hetero) is 1. The van der Waals surface area contributed by atoms with Gasteiger partial charge in [0.1, 0.15) is 11.5 Å². The van der Waals surface area contributed by atoms with E-state index < -0.39 is 33.5 Å². The summed E-state index contributed by atoms with van der Waals surface area (Å²) in [6.45, 7) is 1.79. The van der Waals surface area contributed by atoms with Gasteiger partial charge in [0.2, 0.25) is 17.4 Å². The van der Waals surface area contributed by atoms with Crippen molar-refractivity contribution in [1.82, 2.24) is 0 Å². The molecule has 8 heteroatoms.